The number of aliphatic hydroxyl groups is 2. The van der Waals surface area contributed by atoms with E-state index >= 15 is 0 Å². The lowest BCUT2D eigenvalue weighted by Crippen LogP contribution is -2.27. The van der Waals surface area contributed by atoms with E-state index in [4.69, 9.17) is 21.4 Å². The monoisotopic (exact) mass is 263 g/mol. The third-order valence-corrected chi connectivity index (χ3v) is 3.09. The lowest BCUT2D eigenvalue weighted by Gasteiger charge is -2.09. The van der Waals surface area contributed by atoms with Gasteiger partial charge in [-0.25, -0.2) is 4.98 Å². The van der Waals surface area contributed by atoms with Gasteiger partial charge in [-0.3, -0.25) is 0 Å². The second-order valence-electron chi connectivity index (χ2n) is 3.63. The van der Waals surface area contributed by atoms with Gasteiger partial charge in [0.05, 0.1) is 12.0 Å². The predicted octanol–water partition coefficient (Wildman–Crippen LogP) is -0.282. The number of nitrogens with one attached hydrogen (secondary N) is 1. The molecule has 1 saturated heterocycles. The number of imidazole rings is 1. The number of ether oxygens (including phenoxy) is 1. The molecule has 1 aliphatic rings. The number of aliphatic hydroxyl groups excluding tert-OH is 2. The summed E-state index contributed by atoms with van der Waals surface area (Å²) < 4.78 is 5.29. The smallest absolute Gasteiger partial charge is 0.394 e. The Morgan fingerprint density at radius 3 is 2.88 bits per heavy atom. The van der Waals surface area contributed by atoms with Crippen LogP contribution in [0, 0.1) is 10.1 Å². The van der Waals surface area contributed by atoms with Gasteiger partial charge in [-0.1, -0.05) is 4.98 Å². The van der Waals surface area contributed by atoms with Gasteiger partial charge in [0.15, 0.2) is 0 Å². The Morgan fingerprint density at radius 1 is 1.71 bits per heavy atom. The average molecular weight is 264 g/mol. The highest BCUT2D eigenvalue weighted by Crippen LogP contribution is 2.35. The number of halogens is 1. The van der Waals surface area contributed by atoms with E-state index < -0.39 is 34.6 Å². The predicted molar refractivity (Wildman–Crippen MR) is 55.6 cm³/mol. The topological polar surface area (TPSA) is 122 Å². The highest BCUT2D eigenvalue weighted by Gasteiger charge is 2.45. The maximum atomic E-state index is 10.4. The maximum absolute atomic E-state index is 10.4. The Balaban J connectivity index is 2.19. The van der Waals surface area contributed by atoms with E-state index in [1.54, 1.807) is 0 Å². The van der Waals surface area contributed by atoms with Crippen LogP contribution in [0.25, 0.3) is 0 Å². The Labute approximate surface area is 100 Å². The van der Waals surface area contributed by atoms with Crippen molar-refractivity contribution in [1.29, 1.82) is 0 Å². The number of aromatic amines is 1. The molecule has 0 amide bonds. The van der Waals surface area contributed by atoms with Crippen molar-refractivity contribution in [3.05, 3.63) is 22.0 Å². The first-order chi connectivity index (χ1) is 8.04. The molecule has 0 aliphatic carbocycles. The molecule has 4 atom stereocenters. The summed E-state index contributed by atoms with van der Waals surface area (Å²) in [5, 5.41) is 28.4. The largest absolute Gasteiger partial charge is 0.432 e. The van der Waals surface area contributed by atoms with Gasteiger partial charge in [-0.05, 0) is 4.92 Å². The number of hydrogen-bond donors (Lipinski definition) is 3. The number of alkyl halides is 1. The van der Waals surface area contributed by atoms with E-state index in [2.05, 4.69) is 9.97 Å². The lowest BCUT2D eigenvalue weighted by molar-refractivity contribution is -0.393. The zero-order chi connectivity index (χ0) is 12.6. The van der Waals surface area contributed by atoms with Crippen LogP contribution in [-0.4, -0.2) is 49.3 Å². The van der Waals surface area contributed by atoms with Crippen molar-refractivity contribution in [3.8, 4) is 0 Å². The van der Waals surface area contributed by atoms with Gasteiger partial charge in [0.1, 0.15) is 30.2 Å². The Bertz CT molecular complexity index is 425. The van der Waals surface area contributed by atoms with Crippen LogP contribution in [0.15, 0.2) is 6.20 Å². The summed E-state index contributed by atoms with van der Waals surface area (Å²) in [6.45, 7) is -0.335. The number of hydrogen-bond acceptors (Lipinski definition) is 6. The molecule has 9 heteroatoms. The molecule has 0 spiro atoms. The molecule has 0 saturated carbocycles. The van der Waals surface area contributed by atoms with Crippen molar-refractivity contribution in [1.82, 2.24) is 9.97 Å². The summed E-state index contributed by atoms with van der Waals surface area (Å²) in [5.41, 5.74) is 0.255. The Hall–Kier alpha value is -1.22. The molecule has 1 aromatic heterocycles. The minimum atomic E-state index is -1.06. The molecule has 1 fully saturated rings. The normalized spacial score (nSPS) is 32.9. The SMILES string of the molecule is O=[N+]([O-])c1ncc([C@@H]2O[C@H](CO)[C@@H](Cl)[C@@H]2O)[nH]1. The molecule has 3 N–H and O–H groups in total. The molecule has 1 aromatic rings. The van der Waals surface area contributed by atoms with Crippen LogP contribution in [0.1, 0.15) is 11.8 Å². The second kappa shape index (κ2) is 4.57. The van der Waals surface area contributed by atoms with Gasteiger partial charge in [-0.15, -0.1) is 11.6 Å². The Kier molecular flexibility index (Phi) is 3.29. The summed E-state index contributed by atoms with van der Waals surface area (Å²) in [6.07, 6.45) is -1.42. The summed E-state index contributed by atoms with van der Waals surface area (Å²) in [7, 11) is 0. The highest BCUT2D eigenvalue weighted by atomic mass is 35.5. The summed E-state index contributed by atoms with van der Waals surface area (Å²) in [4.78, 5) is 15.7. The Morgan fingerprint density at radius 2 is 2.41 bits per heavy atom. The number of aromatic nitrogens is 2. The standard InChI is InChI=1S/C8H10ClN3O5/c9-5-4(2-13)17-7(6(5)14)3-1-10-8(11-3)12(15)16/h1,4-7,13-14H,2H2,(H,10,11)/t4-,5-,6+,7+/m1/s1. The minimum Gasteiger partial charge on any atom is -0.394 e. The number of nitro groups is 1. The summed E-state index contributed by atoms with van der Waals surface area (Å²) in [6, 6.07) is 0. The van der Waals surface area contributed by atoms with Crippen molar-refractivity contribution in [2.75, 3.05) is 6.61 Å². The maximum Gasteiger partial charge on any atom is 0.432 e. The first kappa shape index (κ1) is 12.2. The molecule has 0 bridgehead atoms. The van der Waals surface area contributed by atoms with E-state index in [0.717, 1.165) is 0 Å². The van der Waals surface area contributed by atoms with Gasteiger partial charge in [0.25, 0.3) is 0 Å². The molecule has 1 aliphatic heterocycles. The number of rotatable bonds is 3. The number of nitrogens with zero attached hydrogens (tertiary/aromatic N) is 2. The van der Waals surface area contributed by atoms with Crippen molar-refractivity contribution in [2.24, 2.45) is 0 Å². The van der Waals surface area contributed by atoms with E-state index in [9.17, 15) is 15.2 Å². The molecule has 0 aromatic carbocycles. The van der Waals surface area contributed by atoms with Gasteiger partial charge in [0, 0.05) is 0 Å². The molecular formula is C8H10ClN3O5. The fourth-order valence-electron chi connectivity index (χ4n) is 1.69. The van der Waals surface area contributed by atoms with Crippen LogP contribution < -0.4 is 0 Å². The quantitative estimate of drug-likeness (QED) is 0.392. The molecule has 8 nitrogen and oxygen atoms in total. The van der Waals surface area contributed by atoms with Gasteiger partial charge >= 0.3 is 5.95 Å². The molecular weight excluding hydrogens is 254 g/mol. The first-order valence-electron chi connectivity index (χ1n) is 4.82. The molecule has 2 heterocycles. The van der Waals surface area contributed by atoms with E-state index in [1.165, 1.54) is 6.20 Å². The molecule has 0 unspecified atom stereocenters. The fraction of sp³-hybridized carbons (Fsp3) is 0.625. The van der Waals surface area contributed by atoms with Gasteiger partial charge in [0.2, 0.25) is 0 Å². The summed E-state index contributed by atoms with van der Waals surface area (Å²) >= 11 is 5.84. The third-order valence-electron chi connectivity index (χ3n) is 2.55. The first-order valence-corrected chi connectivity index (χ1v) is 5.26. The van der Waals surface area contributed by atoms with Gasteiger partial charge in [-0.2, -0.15) is 0 Å². The highest BCUT2D eigenvalue weighted by molar-refractivity contribution is 6.21. The van der Waals surface area contributed by atoms with Crippen LogP contribution in [0.5, 0.6) is 0 Å². The van der Waals surface area contributed by atoms with Crippen LogP contribution >= 0.6 is 11.6 Å². The minimum absolute atomic E-state index is 0.255. The van der Waals surface area contributed by atoms with Crippen molar-refractivity contribution in [3.63, 3.8) is 0 Å². The fourth-order valence-corrected chi connectivity index (χ4v) is 1.96. The van der Waals surface area contributed by atoms with Crippen molar-refractivity contribution in [2.45, 2.75) is 23.7 Å². The lowest BCUT2D eigenvalue weighted by atomic mass is 10.1. The molecule has 17 heavy (non-hydrogen) atoms. The molecule has 94 valence electrons. The molecule has 2 rings (SSSR count). The van der Waals surface area contributed by atoms with E-state index in [1.807, 2.05) is 0 Å². The van der Waals surface area contributed by atoms with Crippen LogP contribution in [0.4, 0.5) is 5.95 Å². The number of H-pyrrole nitrogens is 1. The third kappa shape index (κ3) is 2.12. The second-order valence-corrected chi connectivity index (χ2v) is 4.14. The van der Waals surface area contributed by atoms with E-state index in [0.29, 0.717) is 0 Å². The molecule has 0 radical (unpaired) electrons. The average Bonchev–Trinajstić information content (AvgIpc) is 2.87. The zero-order valence-corrected chi connectivity index (χ0v) is 9.24. The van der Waals surface area contributed by atoms with Crippen molar-refractivity contribution >= 4 is 17.5 Å². The zero-order valence-electron chi connectivity index (χ0n) is 8.49. The van der Waals surface area contributed by atoms with Crippen molar-refractivity contribution < 1.29 is 19.9 Å². The van der Waals surface area contributed by atoms with Crippen LogP contribution in [-0.2, 0) is 4.74 Å². The van der Waals surface area contributed by atoms with Crippen LogP contribution in [0.2, 0.25) is 0 Å². The van der Waals surface area contributed by atoms with E-state index in [-0.39, 0.29) is 12.3 Å². The van der Waals surface area contributed by atoms with Gasteiger partial charge < -0.3 is 25.1 Å². The van der Waals surface area contributed by atoms with Crippen LogP contribution in [0.3, 0.4) is 0 Å². The summed E-state index contributed by atoms with van der Waals surface area (Å²) in [5.74, 6) is -0.436.